The van der Waals surface area contributed by atoms with Crippen molar-refractivity contribution in [3.8, 4) is 0 Å². The Labute approximate surface area is 147 Å². The first kappa shape index (κ1) is 18.2. The summed E-state index contributed by atoms with van der Waals surface area (Å²) in [7, 11) is 0. The first-order valence-corrected chi connectivity index (χ1v) is 8.85. The van der Waals surface area contributed by atoms with E-state index in [1.165, 1.54) is 18.3 Å². The van der Waals surface area contributed by atoms with Gasteiger partial charge in [-0.1, -0.05) is 12.1 Å². The first-order valence-electron chi connectivity index (χ1n) is 8.03. The predicted molar refractivity (Wildman–Crippen MR) is 99.7 cm³/mol. The van der Waals surface area contributed by atoms with E-state index >= 15 is 0 Å². The van der Waals surface area contributed by atoms with Crippen LogP contribution in [-0.2, 0) is 11.3 Å². The fraction of sp³-hybridized carbons (Fsp3) is 0.368. The standard InChI is InChI=1S/C19H24N2O2S/c1-12(2)21(17-10-13(3)6-7-14(17)4)19(23)18-9-8-16(24-18)11-20-15(5)22/h6-10,12H,11H2,1-5H3,(H,20,22). The molecule has 1 heterocycles. The minimum atomic E-state index is -0.0736. The summed E-state index contributed by atoms with van der Waals surface area (Å²) in [6.45, 7) is 10.0. The normalized spacial score (nSPS) is 10.8. The number of anilines is 1. The molecule has 2 rings (SSSR count). The Morgan fingerprint density at radius 3 is 2.50 bits per heavy atom. The Balaban J connectivity index is 2.30. The fourth-order valence-corrected chi connectivity index (χ4v) is 3.40. The zero-order valence-corrected chi connectivity index (χ0v) is 15.7. The zero-order valence-electron chi connectivity index (χ0n) is 14.8. The third-order valence-corrected chi connectivity index (χ3v) is 4.82. The first-order chi connectivity index (χ1) is 11.3. The molecule has 4 nitrogen and oxygen atoms in total. The Morgan fingerprint density at radius 1 is 1.17 bits per heavy atom. The molecule has 0 bridgehead atoms. The Hall–Kier alpha value is -2.14. The molecule has 5 heteroatoms. The minimum Gasteiger partial charge on any atom is -0.351 e. The molecule has 0 fully saturated rings. The number of thiophene rings is 1. The maximum atomic E-state index is 13.1. The van der Waals surface area contributed by atoms with Crippen LogP contribution in [0.25, 0.3) is 0 Å². The number of hydrogen-bond donors (Lipinski definition) is 1. The Bertz CT molecular complexity index is 750. The molecular weight excluding hydrogens is 320 g/mol. The van der Waals surface area contributed by atoms with Crippen molar-refractivity contribution >= 4 is 28.8 Å². The molecule has 128 valence electrons. The van der Waals surface area contributed by atoms with Gasteiger partial charge in [0.25, 0.3) is 5.91 Å². The Morgan fingerprint density at radius 2 is 1.88 bits per heavy atom. The van der Waals surface area contributed by atoms with E-state index in [-0.39, 0.29) is 17.9 Å². The number of amides is 2. The van der Waals surface area contributed by atoms with Crippen LogP contribution in [0.2, 0.25) is 0 Å². The van der Waals surface area contributed by atoms with Crippen molar-refractivity contribution in [2.75, 3.05) is 4.90 Å². The largest absolute Gasteiger partial charge is 0.351 e. The molecule has 2 amide bonds. The summed E-state index contributed by atoms with van der Waals surface area (Å²) >= 11 is 1.43. The summed E-state index contributed by atoms with van der Waals surface area (Å²) in [4.78, 5) is 27.6. The number of aryl methyl sites for hydroxylation is 2. The van der Waals surface area contributed by atoms with Gasteiger partial charge in [0.2, 0.25) is 5.91 Å². The van der Waals surface area contributed by atoms with E-state index in [2.05, 4.69) is 17.4 Å². The van der Waals surface area contributed by atoms with Crippen LogP contribution in [0.3, 0.4) is 0 Å². The number of rotatable bonds is 5. The summed E-state index contributed by atoms with van der Waals surface area (Å²) in [5.41, 5.74) is 3.16. The van der Waals surface area contributed by atoms with Crippen molar-refractivity contribution in [1.29, 1.82) is 0 Å². The lowest BCUT2D eigenvalue weighted by Gasteiger charge is -2.28. The molecule has 0 aliphatic carbocycles. The van der Waals surface area contributed by atoms with E-state index in [0.717, 1.165) is 21.7 Å². The number of carbonyl (C=O) groups excluding carboxylic acids is 2. The van der Waals surface area contributed by atoms with Crippen LogP contribution in [-0.4, -0.2) is 17.9 Å². The molecule has 24 heavy (non-hydrogen) atoms. The Kier molecular flexibility index (Phi) is 5.78. The monoisotopic (exact) mass is 344 g/mol. The smallest absolute Gasteiger partial charge is 0.268 e. The highest BCUT2D eigenvalue weighted by molar-refractivity contribution is 7.14. The van der Waals surface area contributed by atoms with Gasteiger partial charge in [-0.15, -0.1) is 11.3 Å². The molecule has 1 aromatic carbocycles. The highest BCUT2D eigenvalue weighted by Gasteiger charge is 2.23. The number of carbonyl (C=O) groups is 2. The summed E-state index contributed by atoms with van der Waals surface area (Å²) < 4.78 is 0. The number of nitrogens with zero attached hydrogens (tertiary/aromatic N) is 1. The molecule has 1 N–H and O–H groups in total. The van der Waals surface area contributed by atoms with Crippen molar-refractivity contribution in [2.24, 2.45) is 0 Å². The summed E-state index contributed by atoms with van der Waals surface area (Å²) in [5, 5.41) is 2.76. The topological polar surface area (TPSA) is 49.4 Å². The molecule has 0 saturated heterocycles. The van der Waals surface area contributed by atoms with E-state index in [4.69, 9.17) is 0 Å². The van der Waals surface area contributed by atoms with Gasteiger partial charge >= 0.3 is 0 Å². The lowest BCUT2D eigenvalue weighted by Crippen LogP contribution is -2.37. The maximum Gasteiger partial charge on any atom is 0.268 e. The van der Waals surface area contributed by atoms with Crippen LogP contribution in [0.15, 0.2) is 30.3 Å². The van der Waals surface area contributed by atoms with Gasteiger partial charge in [0.05, 0.1) is 11.4 Å². The predicted octanol–water partition coefficient (Wildman–Crippen LogP) is 4.06. The third-order valence-electron chi connectivity index (χ3n) is 3.74. The van der Waals surface area contributed by atoms with Crippen LogP contribution in [0, 0.1) is 13.8 Å². The van der Waals surface area contributed by atoms with Crippen molar-refractivity contribution in [3.63, 3.8) is 0 Å². The number of nitrogens with one attached hydrogen (secondary N) is 1. The molecule has 1 aromatic heterocycles. The van der Waals surface area contributed by atoms with Crippen LogP contribution in [0.1, 0.15) is 46.4 Å². The van der Waals surface area contributed by atoms with Crippen LogP contribution < -0.4 is 10.2 Å². The van der Waals surface area contributed by atoms with Crippen LogP contribution >= 0.6 is 11.3 Å². The quantitative estimate of drug-likeness (QED) is 0.889. The summed E-state index contributed by atoms with van der Waals surface area (Å²) in [6.07, 6.45) is 0. The molecule has 0 radical (unpaired) electrons. The molecule has 0 saturated carbocycles. The molecule has 0 spiro atoms. The highest BCUT2D eigenvalue weighted by atomic mass is 32.1. The van der Waals surface area contributed by atoms with Gasteiger partial charge in [-0.25, -0.2) is 0 Å². The average molecular weight is 344 g/mol. The van der Waals surface area contributed by atoms with Crippen molar-refractivity contribution in [2.45, 2.75) is 47.2 Å². The molecule has 0 unspecified atom stereocenters. The second-order valence-corrected chi connectivity index (χ2v) is 7.40. The maximum absolute atomic E-state index is 13.1. The van der Waals surface area contributed by atoms with E-state index in [0.29, 0.717) is 11.4 Å². The third kappa shape index (κ3) is 4.23. The molecule has 0 aliphatic rings. The van der Waals surface area contributed by atoms with Gasteiger partial charge in [0, 0.05) is 23.5 Å². The van der Waals surface area contributed by atoms with E-state index in [1.54, 1.807) is 0 Å². The number of benzene rings is 1. The van der Waals surface area contributed by atoms with E-state index in [1.807, 2.05) is 50.8 Å². The molecule has 0 atom stereocenters. The summed E-state index contributed by atoms with van der Waals surface area (Å²) in [6, 6.07) is 9.95. The van der Waals surface area contributed by atoms with Crippen LogP contribution in [0.5, 0.6) is 0 Å². The van der Waals surface area contributed by atoms with Gasteiger partial charge in [-0.3, -0.25) is 9.59 Å². The van der Waals surface area contributed by atoms with E-state index in [9.17, 15) is 9.59 Å². The average Bonchev–Trinajstić information content (AvgIpc) is 2.97. The fourth-order valence-electron chi connectivity index (χ4n) is 2.52. The second-order valence-electron chi connectivity index (χ2n) is 6.23. The minimum absolute atomic E-state index is 0.00206. The number of hydrogen-bond acceptors (Lipinski definition) is 3. The molecule has 2 aromatic rings. The zero-order chi connectivity index (χ0) is 17.9. The molecule has 0 aliphatic heterocycles. The van der Waals surface area contributed by atoms with Crippen molar-refractivity contribution < 1.29 is 9.59 Å². The molecular formula is C19H24N2O2S. The van der Waals surface area contributed by atoms with Crippen molar-refractivity contribution in [3.05, 3.63) is 51.2 Å². The van der Waals surface area contributed by atoms with Gasteiger partial charge < -0.3 is 10.2 Å². The van der Waals surface area contributed by atoms with Crippen LogP contribution in [0.4, 0.5) is 5.69 Å². The van der Waals surface area contributed by atoms with E-state index < -0.39 is 0 Å². The summed E-state index contributed by atoms with van der Waals surface area (Å²) in [5.74, 6) is -0.0757. The van der Waals surface area contributed by atoms with Gasteiger partial charge in [-0.05, 0) is 57.0 Å². The van der Waals surface area contributed by atoms with Gasteiger partial charge in [-0.2, -0.15) is 0 Å². The van der Waals surface area contributed by atoms with Gasteiger partial charge in [0.1, 0.15) is 0 Å². The lowest BCUT2D eigenvalue weighted by atomic mass is 10.1. The van der Waals surface area contributed by atoms with Crippen molar-refractivity contribution in [1.82, 2.24) is 5.32 Å². The SMILES string of the molecule is CC(=O)NCc1ccc(C(=O)N(c2cc(C)ccc2C)C(C)C)s1. The second kappa shape index (κ2) is 7.62. The lowest BCUT2D eigenvalue weighted by molar-refractivity contribution is -0.119. The van der Waals surface area contributed by atoms with Gasteiger partial charge in [0.15, 0.2) is 0 Å². The highest BCUT2D eigenvalue weighted by Crippen LogP contribution is 2.27.